The highest BCUT2D eigenvalue weighted by atomic mass is 16.5. The van der Waals surface area contributed by atoms with Gasteiger partial charge in [-0.05, 0) is 6.07 Å². The quantitative estimate of drug-likeness (QED) is 0.683. The van der Waals surface area contributed by atoms with Gasteiger partial charge in [-0.1, -0.05) is 18.2 Å². The molecule has 0 aromatic heterocycles. The lowest BCUT2D eigenvalue weighted by atomic mass is 10.1. The Morgan fingerprint density at radius 1 is 1.24 bits per heavy atom. The molecule has 0 N–H and O–H groups in total. The molecule has 1 aliphatic heterocycles. The number of para-hydroxylation sites is 1. The van der Waals surface area contributed by atoms with E-state index in [0.29, 0.717) is 11.3 Å². The monoisotopic (exact) mass is 233 g/mol. The summed E-state index contributed by atoms with van der Waals surface area (Å²) in [6.45, 7) is 2.52. The molecule has 0 aliphatic carbocycles. The number of imide groups is 1. The van der Waals surface area contributed by atoms with Crippen LogP contribution in [0.3, 0.4) is 0 Å². The Balaban J connectivity index is 2.48. The number of benzene rings is 1. The van der Waals surface area contributed by atoms with Crippen molar-refractivity contribution in [3.63, 3.8) is 0 Å². The average molecular weight is 233 g/mol. The summed E-state index contributed by atoms with van der Waals surface area (Å²) in [6.07, 6.45) is -1.01. The van der Waals surface area contributed by atoms with Crippen molar-refractivity contribution in [2.75, 3.05) is 4.90 Å². The maximum absolute atomic E-state index is 12.0. The van der Waals surface area contributed by atoms with Crippen molar-refractivity contribution in [3.8, 4) is 0 Å². The number of anilines is 1. The molecule has 0 spiro atoms. The van der Waals surface area contributed by atoms with Gasteiger partial charge in [-0.25, -0.2) is 4.90 Å². The van der Waals surface area contributed by atoms with Crippen LogP contribution in [-0.4, -0.2) is 17.8 Å². The Kier molecular flexibility index (Phi) is 2.67. The minimum atomic E-state index is -1.01. The molecule has 88 valence electrons. The standard InChI is InChI=1S/C12H11NO4/c1-7(14)13-10-6-4-3-5-9(10)11(12(13)16)17-8(2)15/h3-6,11H,1-2H3. The number of fused-ring (bicyclic) bond motifs is 1. The number of carbonyl (C=O) groups excluding carboxylic acids is 3. The highest BCUT2D eigenvalue weighted by Gasteiger charge is 2.41. The molecule has 0 saturated heterocycles. The van der Waals surface area contributed by atoms with E-state index < -0.39 is 23.9 Å². The fraction of sp³-hybridized carbons (Fsp3) is 0.250. The van der Waals surface area contributed by atoms with Gasteiger partial charge >= 0.3 is 5.97 Å². The van der Waals surface area contributed by atoms with Crippen LogP contribution in [0.15, 0.2) is 24.3 Å². The van der Waals surface area contributed by atoms with Crippen molar-refractivity contribution < 1.29 is 19.1 Å². The third-order valence-corrected chi connectivity index (χ3v) is 2.50. The lowest BCUT2D eigenvalue weighted by Gasteiger charge is -2.12. The SMILES string of the molecule is CC(=O)OC1C(=O)N(C(C)=O)c2ccccc21. The van der Waals surface area contributed by atoms with Gasteiger partial charge in [-0.2, -0.15) is 0 Å². The fourth-order valence-corrected chi connectivity index (χ4v) is 1.89. The van der Waals surface area contributed by atoms with Gasteiger partial charge in [-0.15, -0.1) is 0 Å². The van der Waals surface area contributed by atoms with E-state index in [1.807, 2.05) is 0 Å². The number of rotatable bonds is 1. The van der Waals surface area contributed by atoms with Crippen molar-refractivity contribution in [2.45, 2.75) is 20.0 Å². The lowest BCUT2D eigenvalue weighted by molar-refractivity contribution is -0.153. The second kappa shape index (κ2) is 4.01. The lowest BCUT2D eigenvalue weighted by Crippen LogP contribution is -2.34. The molecule has 5 nitrogen and oxygen atoms in total. The highest BCUT2D eigenvalue weighted by molar-refractivity contribution is 6.20. The summed E-state index contributed by atoms with van der Waals surface area (Å²) in [7, 11) is 0. The van der Waals surface area contributed by atoms with Gasteiger partial charge in [-0.3, -0.25) is 14.4 Å². The van der Waals surface area contributed by atoms with E-state index in [4.69, 9.17) is 4.74 Å². The normalized spacial score (nSPS) is 17.9. The molecule has 0 bridgehead atoms. The average Bonchev–Trinajstić information content (AvgIpc) is 2.52. The third kappa shape index (κ3) is 1.80. The van der Waals surface area contributed by atoms with Crippen LogP contribution in [0.2, 0.25) is 0 Å². The minimum Gasteiger partial charge on any atom is -0.447 e. The van der Waals surface area contributed by atoms with Gasteiger partial charge in [0.1, 0.15) is 0 Å². The molecule has 5 heteroatoms. The Bertz CT molecular complexity index is 509. The Morgan fingerprint density at radius 2 is 1.88 bits per heavy atom. The van der Waals surface area contributed by atoms with E-state index in [2.05, 4.69) is 0 Å². The molecule has 0 saturated carbocycles. The zero-order valence-corrected chi connectivity index (χ0v) is 9.47. The van der Waals surface area contributed by atoms with Crippen LogP contribution < -0.4 is 4.90 Å². The van der Waals surface area contributed by atoms with E-state index in [0.717, 1.165) is 4.90 Å². The van der Waals surface area contributed by atoms with E-state index in [-0.39, 0.29) is 0 Å². The number of amides is 2. The van der Waals surface area contributed by atoms with E-state index in [9.17, 15) is 14.4 Å². The first kappa shape index (κ1) is 11.3. The first-order valence-corrected chi connectivity index (χ1v) is 5.13. The van der Waals surface area contributed by atoms with Crippen LogP contribution in [0.1, 0.15) is 25.5 Å². The number of hydrogen-bond donors (Lipinski definition) is 0. The molecule has 0 fully saturated rings. The fourth-order valence-electron chi connectivity index (χ4n) is 1.89. The molecule has 17 heavy (non-hydrogen) atoms. The number of nitrogens with zero attached hydrogens (tertiary/aromatic N) is 1. The molecule has 1 heterocycles. The Labute approximate surface area is 98.0 Å². The van der Waals surface area contributed by atoms with Crippen molar-refractivity contribution >= 4 is 23.5 Å². The van der Waals surface area contributed by atoms with Crippen LogP contribution in [-0.2, 0) is 19.1 Å². The molecular weight excluding hydrogens is 222 g/mol. The Hall–Kier alpha value is -2.17. The van der Waals surface area contributed by atoms with Crippen molar-refractivity contribution in [1.82, 2.24) is 0 Å². The molecule has 1 atom stereocenters. The van der Waals surface area contributed by atoms with Crippen LogP contribution in [0.25, 0.3) is 0 Å². The zero-order chi connectivity index (χ0) is 12.6. The zero-order valence-electron chi connectivity index (χ0n) is 9.47. The maximum Gasteiger partial charge on any atom is 0.303 e. The molecule has 2 amide bonds. The van der Waals surface area contributed by atoms with E-state index in [1.54, 1.807) is 24.3 Å². The third-order valence-electron chi connectivity index (χ3n) is 2.50. The van der Waals surface area contributed by atoms with E-state index in [1.165, 1.54) is 13.8 Å². The van der Waals surface area contributed by atoms with Gasteiger partial charge in [0.05, 0.1) is 5.69 Å². The Morgan fingerprint density at radius 3 is 2.47 bits per heavy atom. The maximum atomic E-state index is 12.0. The highest BCUT2D eigenvalue weighted by Crippen LogP contribution is 2.37. The molecule has 0 radical (unpaired) electrons. The number of ether oxygens (including phenoxy) is 1. The van der Waals surface area contributed by atoms with Crippen LogP contribution in [0.5, 0.6) is 0 Å². The molecule has 1 aromatic rings. The number of hydrogen-bond acceptors (Lipinski definition) is 4. The first-order valence-electron chi connectivity index (χ1n) is 5.13. The summed E-state index contributed by atoms with van der Waals surface area (Å²) in [5.74, 6) is -1.46. The van der Waals surface area contributed by atoms with Crippen LogP contribution in [0.4, 0.5) is 5.69 Å². The van der Waals surface area contributed by atoms with Crippen LogP contribution >= 0.6 is 0 Å². The molecule has 1 unspecified atom stereocenters. The van der Waals surface area contributed by atoms with Crippen LogP contribution in [0, 0.1) is 0 Å². The summed E-state index contributed by atoms with van der Waals surface area (Å²) in [6, 6.07) is 6.77. The topological polar surface area (TPSA) is 63.7 Å². The predicted molar refractivity (Wildman–Crippen MR) is 59.1 cm³/mol. The second-order valence-electron chi connectivity index (χ2n) is 3.74. The smallest absolute Gasteiger partial charge is 0.303 e. The van der Waals surface area contributed by atoms with E-state index >= 15 is 0 Å². The van der Waals surface area contributed by atoms with Gasteiger partial charge in [0.15, 0.2) is 0 Å². The summed E-state index contributed by atoms with van der Waals surface area (Å²) in [4.78, 5) is 35.4. The summed E-state index contributed by atoms with van der Waals surface area (Å²) in [5, 5.41) is 0. The molecule has 1 aromatic carbocycles. The van der Waals surface area contributed by atoms with Crippen molar-refractivity contribution in [1.29, 1.82) is 0 Å². The first-order chi connectivity index (χ1) is 8.02. The largest absolute Gasteiger partial charge is 0.447 e. The van der Waals surface area contributed by atoms with Crippen molar-refractivity contribution in [3.05, 3.63) is 29.8 Å². The minimum absolute atomic E-state index is 0.392. The summed E-state index contributed by atoms with van der Waals surface area (Å²) in [5.41, 5.74) is 1.03. The van der Waals surface area contributed by atoms with Gasteiger partial charge in [0.2, 0.25) is 12.0 Å². The summed E-state index contributed by atoms with van der Waals surface area (Å²) >= 11 is 0. The van der Waals surface area contributed by atoms with Crippen molar-refractivity contribution in [2.24, 2.45) is 0 Å². The second-order valence-corrected chi connectivity index (χ2v) is 3.74. The van der Waals surface area contributed by atoms with Gasteiger partial charge < -0.3 is 4.74 Å². The molecule has 2 rings (SSSR count). The molecule has 1 aliphatic rings. The number of carbonyl (C=O) groups is 3. The summed E-state index contributed by atoms with van der Waals surface area (Å²) < 4.78 is 4.95. The van der Waals surface area contributed by atoms with Gasteiger partial charge in [0.25, 0.3) is 5.91 Å². The predicted octanol–water partition coefficient (Wildman–Crippen LogP) is 1.18. The van der Waals surface area contributed by atoms with Gasteiger partial charge in [0, 0.05) is 19.4 Å². The number of esters is 1. The molecular formula is C12H11NO4.